The quantitative estimate of drug-likeness (QED) is 0.376. The molecule has 0 aliphatic carbocycles. The molecule has 0 spiro atoms. The monoisotopic (exact) mass is 328 g/mol. The van der Waals surface area contributed by atoms with Crippen LogP contribution in [0.1, 0.15) is 31.9 Å². The van der Waals surface area contributed by atoms with E-state index in [2.05, 4.69) is 20.8 Å². The molecule has 0 atom stereocenters. The molecule has 1 N–H and O–H groups in total. The van der Waals surface area contributed by atoms with Gasteiger partial charge in [-0.05, 0) is 24.0 Å². The van der Waals surface area contributed by atoms with Gasteiger partial charge in [-0.1, -0.05) is 38.5 Å². The summed E-state index contributed by atoms with van der Waals surface area (Å²) in [5.41, 5.74) is 2.23. The van der Waals surface area contributed by atoms with Gasteiger partial charge in [0.2, 0.25) is 0 Å². The summed E-state index contributed by atoms with van der Waals surface area (Å²) in [5, 5.41) is 9.57. The van der Waals surface area contributed by atoms with Crippen molar-refractivity contribution in [1.82, 2.24) is 0 Å². The number of phenolic OH excluding ortho intramolecular Hbond substituents is 1. The van der Waals surface area contributed by atoms with Crippen LogP contribution in [0.25, 0.3) is 0 Å². The molecular weight excluding hydrogens is 312 g/mol. The van der Waals surface area contributed by atoms with Crippen LogP contribution in [0.4, 0.5) is 0 Å². The van der Waals surface area contributed by atoms with Crippen molar-refractivity contribution < 1.29 is 113 Å². The van der Waals surface area contributed by atoms with Gasteiger partial charge in [0.05, 0.1) is 0 Å². The van der Waals surface area contributed by atoms with Crippen LogP contribution < -0.4 is 103 Å². The Labute approximate surface area is 186 Å². The van der Waals surface area contributed by atoms with Crippen molar-refractivity contribution in [3.63, 3.8) is 0 Å². The number of hydrogen-bond acceptors (Lipinski definition) is 5. The van der Waals surface area contributed by atoms with Crippen LogP contribution in [-0.2, 0) is 9.98 Å². The van der Waals surface area contributed by atoms with Crippen molar-refractivity contribution in [2.45, 2.75) is 33.1 Å². The van der Waals surface area contributed by atoms with Crippen LogP contribution in [0.2, 0.25) is 0 Å². The van der Waals surface area contributed by atoms with E-state index < -0.39 is 7.82 Å². The molecule has 1 rings (SSSR count). The summed E-state index contributed by atoms with van der Waals surface area (Å²) in [6.07, 6.45) is 0. The zero-order valence-electron chi connectivity index (χ0n) is 13.3. The van der Waals surface area contributed by atoms with Crippen LogP contribution >= 0.6 is 7.82 Å². The summed E-state index contributed by atoms with van der Waals surface area (Å²) >= 11 is 0. The summed E-state index contributed by atoms with van der Waals surface area (Å²) in [6.45, 7) is 8.33. The first-order valence-electron chi connectivity index (χ1n) is 4.94. The molecule has 98 valence electrons. The Hall–Kier alpha value is 2.13. The van der Waals surface area contributed by atoms with Crippen LogP contribution in [0, 0.1) is 6.92 Å². The van der Waals surface area contributed by atoms with E-state index in [9.17, 15) is 5.11 Å². The van der Waals surface area contributed by atoms with E-state index in [-0.39, 0.29) is 94.1 Å². The third-order valence-electron chi connectivity index (χ3n) is 1.96. The molecule has 1 aromatic carbocycles. The third-order valence-corrected chi connectivity index (χ3v) is 1.96. The maximum Gasteiger partial charge on any atom is 1.00 e. The number of phosphoric acid groups is 1. The number of aryl methyl sites for hydroxylation is 1. The first-order chi connectivity index (χ1) is 7.41. The predicted molar refractivity (Wildman–Crippen MR) is 59.2 cm³/mol. The Morgan fingerprint density at radius 2 is 1.40 bits per heavy atom. The zero-order valence-corrected chi connectivity index (χ0v) is 20.2. The van der Waals surface area contributed by atoms with E-state index in [4.69, 9.17) is 19.2 Å². The van der Waals surface area contributed by atoms with Crippen molar-refractivity contribution >= 4 is 7.82 Å². The maximum atomic E-state index is 9.57. The molecule has 0 amide bonds. The van der Waals surface area contributed by atoms with Gasteiger partial charge in [-0.3, -0.25) is 0 Å². The van der Waals surface area contributed by atoms with Gasteiger partial charge in [-0.2, -0.15) is 7.82 Å². The zero-order chi connectivity index (χ0) is 13.9. The molecular formula is C11H16Na3O5P. The third kappa shape index (κ3) is 16.5. The summed E-state index contributed by atoms with van der Waals surface area (Å²) < 4.78 is 8.55. The smallest absolute Gasteiger partial charge is 0.822 e. The minimum atomic E-state index is -5.39. The van der Waals surface area contributed by atoms with Crippen LogP contribution in [-0.4, -0.2) is 5.11 Å². The molecule has 1 aromatic rings. The van der Waals surface area contributed by atoms with Gasteiger partial charge in [0.25, 0.3) is 0 Å². The molecule has 0 aromatic heterocycles. The van der Waals surface area contributed by atoms with Crippen molar-refractivity contribution in [2.75, 3.05) is 0 Å². The van der Waals surface area contributed by atoms with Gasteiger partial charge < -0.3 is 24.4 Å². The predicted octanol–water partition coefficient (Wildman–Crippen LogP) is -8.81. The summed E-state index contributed by atoms with van der Waals surface area (Å²) in [7, 11) is -5.39. The molecule has 0 saturated heterocycles. The second-order valence-electron chi connectivity index (χ2n) is 4.72. The van der Waals surface area contributed by atoms with E-state index in [1.807, 2.05) is 19.1 Å². The van der Waals surface area contributed by atoms with Crippen molar-refractivity contribution in [3.05, 3.63) is 29.3 Å². The standard InChI is InChI=1S/C11H16O.3Na.H3O4P/c1-8-5-6-10(12)9(7-8)11(2,3)4;;;;1-5(2,3)4/h5-7,12H,1-4H3;;;;(H3,1,2,3,4)/q;3*+1;/p-3. The molecule has 0 aliphatic heterocycles. The summed E-state index contributed by atoms with van der Waals surface area (Å²) in [5.74, 6) is 0.396. The average Bonchev–Trinajstić information content (AvgIpc) is 2.04. The van der Waals surface area contributed by atoms with Crippen LogP contribution in [0.5, 0.6) is 5.75 Å². The first kappa shape index (κ1) is 30.1. The summed E-state index contributed by atoms with van der Waals surface area (Å²) in [4.78, 5) is 25.6. The maximum absolute atomic E-state index is 9.57. The summed E-state index contributed by atoms with van der Waals surface area (Å²) in [6, 6.07) is 5.72. The molecule has 20 heavy (non-hydrogen) atoms. The van der Waals surface area contributed by atoms with E-state index in [0.29, 0.717) is 5.75 Å². The van der Waals surface area contributed by atoms with E-state index >= 15 is 0 Å². The molecule has 5 nitrogen and oxygen atoms in total. The van der Waals surface area contributed by atoms with Gasteiger partial charge in [0, 0.05) is 0 Å². The fourth-order valence-electron chi connectivity index (χ4n) is 1.25. The Morgan fingerprint density at radius 3 is 1.65 bits per heavy atom. The van der Waals surface area contributed by atoms with Gasteiger partial charge in [0.1, 0.15) is 5.75 Å². The number of aromatic hydroxyl groups is 1. The minimum absolute atomic E-state index is 0. The number of hydrogen-bond donors (Lipinski definition) is 1. The van der Waals surface area contributed by atoms with Gasteiger partial charge in [0.15, 0.2) is 0 Å². The average molecular weight is 328 g/mol. The molecule has 9 heteroatoms. The largest absolute Gasteiger partial charge is 1.00 e. The number of benzene rings is 1. The van der Waals surface area contributed by atoms with Crippen LogP contribution in [0.15, 0.2) is 18.2 Å². The SMILES string of the molecule is Cc1ccc(O)c(C(C)(C)C)c1.O=P([O-])([O-])[O-].[Na+].[Na+].[Na+]. The van der Waals surface area contributed by atoms with Gasteiger partial charge >= 0.3 is 88.7 Å². The Morgan fingerprint density at radius 1 is 1.05 bits per heavy atom. The number of rotatable bonds is 0. The molecule has 0 fully saturated rings. The second-order valence-corrected chi connectivity index (χ2v) is 5.61. The first-order valence-corrected chi connectivity index (χ1v) is 6.40. The van der Waals surface area contributed by atoms with Crippen molar-refractivity contribution in [2.24, 2.45) is 0 Å². The van der Waals surface area contributed by atoms with E-state index in [1.54, 1.807) is 6.07 Å². The molecule has 0 radical (unpaired) electrons. The molecule has 0 aliphatic rings. The molecule has 0 unspecified atom stereocenters. The molecule has 0 heterocycles. The van der Waals surface area contributed by atoms with Crippen molar-refractivity contribution in [3.8, 4) is 5.75 Å². The van der Waals surface area contributed by atoms with E-state index in [1.165, 1.54) is 5.56 Å². The Kier molecular flexibility index (Phi) is 18.8. The minimum Gasteiger partial charge on any atom is -0.822 e. The fraction of sp³-hybridized carbons (Fsp3) is 0.455. The number of phenols is 1. The Balaban J connectivity index is -0.000000141. The van der Waals surface area contributed by atoms with E-state index in [0.717, 1.165) is 5.56 Å². The normalized spacial score (nSPS) is 9.95. The fourth-order valence-corrected chi connectivity index (χ4v) is 1.25. The van der Waals surface area contributed by atoms with Gasteiger partial charge in [-0.15, -0.1) is 0 Å². The topological polar surface area (TPSA) is 106 Å². The second kappa shape index (κ2) is 12.5. The molecule has 0 bridgehead atoms. The van der Waals surface area contributed by atoms with Gasteiger partial charge in [-0.25, -0.2) is 0 Å². The van der Waals surface area contributed by atoms with Crippen LogP contribution in [0.3, 0.4) is 0 Å². The molecule has 0 saturated carbocycles. The Bertz CT molecular complexity index is 420. The van der Waals surface area contributed by atoms with Crippen molar-refractivity contribution in [1.29, 1.82) is 0 Å².